The van der Waals surface area contributed by atoms with Gasteiger partial charge in [0.15, 0.2) is 5.69 Å². The second kappa shape index (κ2) is 9.79. The molecular formula is C25H25ClN4O5. The average Bonchev–Trinajstić information content (AvgIpc) is 3.29. The summed E-state index contributed by atoms with van der Waals surface area (Å²) in [4.78, 5) is 45.1. The molecule has 0 spiro atoms. The van der Waals surface area contributed by atoms with E-state index in [-0.39, 0.29) is 36.9 Å². The first-order chi connectivity index (χ1) is 16.8. The van der Waals surface area contributed by atoms with Crippen molar-refractivity contribution in [2.75, 3.05) is 14.2 Å². The molecule has 0 saturated heterocycles. The lowest BCUT2D eigenvalue weighted by Crippen LogP contribution is -2.63. The Balaban J connectivity index is 1.69. The van der Waals surface area contributed by atoms with E-state index in [2.05, 4.69) is 10.3 Å². The van der Waals surface area contributed by atoms with Crippen molar-refractivity contribution in [3.8, 4) is 5.75 Å². The van der Waals surface area contributed by atoms with Crippen LogP contribution in [0.15, 0.2) is 54.9 Å². The van der Waals surface area contributed by atoms with E-state index in [1.165, 1.54) is 22.9 Å². The van der Waals surface area contributed by atoms with Crippen LogP contribution in [0, 0.1) is 0 Å². The molecule has 2 heterocycles. The van der Waals surface area contributed by atoms with Crippen LogP contribution in [0.2, 0.25) is 5.02 Å². The molecule has 0 fully saturated rings. The molecule has 2 amide bonds. The zero-order valence-corrected chi connectivity index (χ0v) is 20.3. The second-order valence-electron chi connectivity index (χ2n) is 8.35. The molecule has 0 saturated carbocycles. The number of nitrogens with one attached hydrogen (secondary N) is 1. The van der Waals surface area contributed by atoms with Gasteiger partial charge in [-0.3, -0.25) is 9.59 Å². The number of ether oxygens (including phenoxy) is 2. The summed E-state index contributed by atoms with van der Waals surface area (Å²) in [6.45, 7) is 2.13. The van der Waals surface area contributed by atoms with Crippen LogP contribution in [0.1, 0.15) is 39.0 Å². The van der Waals surface area contributed by atoms with Crippen molar-refractivity contribution in [3.05, 3.63) is 82.4 Å². The number of halogens is 1. The normalized spacial score (nSPS) is 17.0. The summed E-state index contributed by atoms with van der Waals surface area (Å²) in [5.41, 5.74) is 0.296. The highest BCUT2D eigenvalue weighted by Gasteiger charge is 2.49. The van der Waals surface area contributed by atoms with Crippen molar-refractivity contribution in [2.45, 2.75) is 32.1 Å². The highest BCUT2D eigenvalue weighted by atomic mass is 35.5. The molecule has 1 atom stereocenters. The minimum absolute atomic E-state index is 0.0841. The quantitative estimate of drug-likeness (QED) is 0.504. The number of hydrogen-bond acceptors (Lipinski definition) is 6. The zero-order chi connectivity index (χ0) is 25.2. The molecule has 35 heavy (non-hydrogen) atoms. The molecule has 0 radical (unpaired) electrons. The SMILES string of the molecule is COC(=O)c1ncn2c1C(=O)N(Cc1ccc(Cl)cc1)[C@@](C)(C(=O)NCc1ccccc1OC)C2. The first-order valence-corrected chi connectivity index (χ1v) is 11.3. The predicted octanol–water partition coefficient (Wildman–Crippen LogP) is 3.06. The van der Waals surface area contributed by atoms with Gasteiger partial charge in [0, 0.05) is 23.7 Å². The van der Waals surface area contributed by atoms with Crippen LogP contribution in [0.25, 0.3) is 0 Å². The maximum absolute atomic E-state index is 13.7. The highest BCUT2D eigenvalue weighted by molar-refractivity contribution is 6.30. The number of benzene rings is 2. The summed E-state index contributed by atoms with van der Waals surface area (Å²) in [5.74, 6) is -0.929. The average molecular weight is 497 g/mol. The van der Waals surface area contributed by atoms with Gasteiger partial charge in [-0.15, -0.1) is 0 Å². The van der Waals surface area contributed by atoms with E-state index >= 15 is 0 Å². The number of rotatable bonds is 7. The van der Waals surface area contributed by atoms with Crippen LogP contribution in [0.4, 0.5) is 0 Å². The number of para-hydroxylation sites is 1. The van der Waals surface area contributed by atoms with Crippen molar-refractivity contribution in [2.24, 2.45) is 0 Å². The molecule has 10 heteroatoms. The number of carbonyl (C=O) groups excluding carboxylic acids is 3. The maximum atomic E-state index is 13.7. The number of carbonyl (C=O) groups is 3. The van der Waals surface area contributed by atoms with Gasteiger partial charge in [-0.25, -0.2) is 9.78 Å². The van der Waals surface area contributed by atoms with Gasteiger partial charge in [-0.1, -0.05) is 41.9 Å². The summed E-state index contributed by atoms with van der Waals surface area (Å²) < 4.78 is 11.7. The molecular weight excluding hydrogens is 472 g/mol. The Hall–Kier alpha value is -3.85. The van der Waals surface area contributed by atoms with Gasteiger partial charge in [-0.2, -0.15) is 0 Å². The van der Waals surface area contributed by atoms with E-state index in [0.29, 0.717) is 10.8 Å². The molecule has 0 bridgehead atoms. The zero-order valence-electron chi connectivity index (χ0n) is 19.6. The minimum Gasteiger partial charge on any atom is -0.496 e. The number of aromatic nitrogens is 2. The Morgan fingerprint density at radius 3 is 2.54 bits per heavy atom. The third-order valence-corrected chi connectivity index (χ3v) is 6.37. The van der Waals surface area contributed by atoms with Gasteiger partial charge in [-0.05, 0) is 30.7 Å². The molecule has 0 unspecified atom stereocenters. The van der Waals surface area contributed by atoms with Crippen molar-refractivity contribution >= 4 is 29.4 Å². The molecule has 2 aromatic carbocycles. The molecule has 3 aromatic rings. The number of methoxy groups -OCH3 is 2. The molecule has 182 valence electrons. The fourth-order valence-electron chi connectivity index (χ4n) is 4.17. The number of imidazole rings is 1. The third kappa shape index (κ3) is 4.59. The molecule has 9 nitrogen and oxygen atoms in total. The van der Waals surface area contributed by atoms with Gasteiger partial charge in [0.1, 0.15) is 17.0 Å². The van der Waals surface area contributed by atoms with Gasteiger partial charge in [0.25, 0.3) is 5.91 Å². The van der Waals surface area contributed by atoms with Crippen LogP contribution in [0.3, 0.4) is 0 Å². The predicted molar refractivity (Wildman–Crippen MR) is 128 cm³/mol. The number of hydrogen-bond donors (Lipinski definition) is 1. The molecule has 4 rings (SSSR count). The number of amides is 2. The lowest BCUT2D eigenvalue weighted by atomic mass is 9.93. The van der Waals surface area contributed by atoms with Gasteiger partial charge < -0.3 is 24.3 Å². The van der Waals surface area contributed by atoms with E-state index in [4.69, 9.17) is 21.1 Å². The standard InChI is InChI=1S/C25H25ClN4O5/c1-25(24(33)27-12-17-6-4-5-7-19(17)34-2)14-29-15-28-20(23(32)35-3)21(29)22(31)30(25)13-16-8-10-18(26)11-9-16/h4-11,15H,12-14H2,1-3H3,(H,27,33)/t25-/m1/s1. The van der Waals surface area contributed by atoms with Crippen LogP contribution < -0.4 is 10.1 Å². The van der Waals surface area contributed by atoms with Crippen LogP contribution in [-0.2, 0) is 29.2 Å². The number of fused-ring (bicyclic) bond motifs is 1. The molecule has 1 aliphatic heterocycles. The first kappa shape index (κ1) is 24.3. The second-order valence-corrected chi connectivity index (χ2v) is 8.78. The summed E-state index contributed by atoms with van der Waals surface area (Å²) in [5, 5.41) is 3.50. The Morgan fingerprint density at radius 2 is 1.86 bits per heavy atom. The largest absolute Gasteiger partial charge is 0.496 e. The van der Waals surface area contributed by atoms with Crippen molar-refractivity contribution in [3.63, 3.8) is 0 Å². The molecule has 1 aliphatic rings. The molecule has 1 N–H and O–H groups in total. The van der Waals surface area contributed by atoms with Gasteiger partial charge in [0.05, 0.1) is 27.1 Å². The lowest BCUT2D eigenvalue weighted by Gasteiger charge is -2.43. The minimum atomic E-state index is -1.28. The van der Waals surface area contributed by atoms with Crippen molar-refractivity contribution in [1.82, 2.24) is 19.8 Å². The van der Waals surface area contributed by atoms with E-state index in [1.54, 1.807) is 38.3 Å². The molecule has 0 aliphatic carbocycles. The third-order valence-electron chi connectivity index (χ3n) is 6.11. The highest BCUT2D eigenvalue weighted by Crippen LogP contribution is 2.31. The van der Waals surface area contributed by atoms with E-state index in [9.17, 15) is 14.4 Å². The van der Waals surface area contributed by atoms with Gasteiger partial charge in [0.2, 0.25) is 5.91 Å². The lowest BCUT2D eigenvalue weighted by molar-refractivity contribution is -0.133. The van der Waals surface area contributed by atoms with Crippen LogP contribution >= 0.6 is 11.6 Å². The first-order valence-electron chi connectivity index (χ1n) is 10.9. The van der Waals surface area contributed by atoms with Crippen molar-refractivity contribution < 1.29 is 23.9 Å². The van der Waals surface area contributed by atoms with Crippen LogP contribution in [0.5, 0.6) is 5.75 Å². The van der Waals surface area contributed by atoms with Crippen LogP contribution in [-0.4, -0.2) is 52.0 Å². The van der Waals surface area contributed by atoms with Gasteiger partial charge >= 0.3 is 5.97 Å². The summed E-state index contributed by atoms with van der Waals surface area (Å²) in [6, 6.07) is 14.4. The number of esters is 1. The topological polar surface area (TPSA) is 103 Å². The summed E-state index contributed by atoms with van der Waals surface area (Å²) in [7, 11) is 2.79. The molecule has 1 aromatic heterocycles. The maximum Gasteiger partial charge on any atom is 0.359 e. The smallest absolute Gasteiger partial charge is 0.359 e. The monoisotopic (exact) mass is 496 g/mol. The summed E-state index contributed by atoms with van der Waals surface area (Å²) >= 11 is 6.02. The van der Waals surface area contributed by atoms with E-state index in [0.717, 1.165) is 11.1 Å². The van der Waals surface area contributed by atoms with E-state index < -0.39 is 17.4 Å². The Bertz CT molecular complexity index is 1270. The van der Waals surface area contributed by atoms with Crippen molar-refractivity contribution in [1.29, 1.82) is 0 Å². The Kier molecular flexibility index (Phi) is 6.79. The Morgan fingerprint density at radius 1 is 1.14 bits per heavy atom. The number of nitrogens with zero attached hydrogens (tertiary/aromatic N) is 3. The van der Waals surface area contributed by atoms with E-state index in [1.807, 2.05) is 24.3 Å². The fraction of sp³-hybridized carbons (Fsp3) is 0.280. The fourth-order valence-corrected chi connectivity index (χ4v) is 4.30. The Labute approximate surface area is 207 Å². The summed E-state index contributed by atoms with van der Waals surface area (Å²) in [6.07, 6.45) is 1.38.